The Labute approximate surface area is 123 Å². The van der Waals surface area contributed by atoms with Crippen molar-refractivity contribution in [1.29, 1.82) is 0 Å². The third-order valence-electron chi connectivity index (χ3n) is 3.25. The van der Waals surface area contributed by atoms with Crippen molar-refractivity contribution in [3.63, 3.8) is 0 Å². The van der Waals surface area contributed by atoms with E-state index < -0.39 is 15.8 Å². The molecule has 0 unspecified atom stereocenters. The number of sulfonamides is 1. The summed E-state index contributed by atoms with van der Waals surface area (Å²) in [6.45, 7) is -0.366. The second kappa shape index (κ2) is 6.08. The highest BCUT2D eigenvalue weighted by molar-refractivity contribution is 7.89. The van der Waals surface area contributed by atoms with Crippen LogP contribution in [0.2, 0.25) is 0 Å². The third kappa shape index (κ3) is 3.78. The molecule has 8 heteroatoms. The smallest absolute Gasteiger partial charge is 0.243 e. The lowest BCUT2D eigenvalue weighted by molar-refractivity contribution is -0.121. The zero-order chi connectivity index (χ0) is 15.6. The molecule has 21 heavy (non-hydrogen) atoms. The Hall–Kier alpha value is -1.51. The van der Waals surface area contributed by atoms with Crippen LogP contribution in [0.5, 0.6) is 0 Å². The summed E-state index contributed by atoms with van der Waals surface area (Å²) >= 11 is 0. The van der Waals surface area contributed by atoms with E-state index in [1.54, 1.807) is 0 Å². The van der Waals surface area contributed by atoms with Gasteiger partial charge in [-0.3, -0.25) is 4.79 Å². The molecular formula is C13H18FN3O3S. The molecule has 1 aliphatic rings. The first-order chi connectivity index (χ1) is 9.84. The van der Waals surface area contributed by atoms with Gasteiger partial charge < -0.3 is 11.1 Å². The van der Waals surface area contributed by atoms with E-state index in [1.165, 1.54) is 19.2 Å². The van der Waals surface area contributed by atoms with Crippen LogP contribution in [0.3, 0.4) is 0 Å². The number of hydrogen-bond donors (Lipinski definition) is 2. The second-order valence-electron chi connectivity index (χ2n) is 5.06. The number of nitrogens with two attached hydrogens (primary N) is 1. The summed E-state index contributed by atoms with van der Waals surface area (Å²) in [4.78, 5) is 11.6. The molecule has 1 fully saturated rings. The van der Waals surface area contributed by atoms with Crippen molar-refractivity contribution in [1.82, 2.24) is 9.62 Å². The molecule has 0 aromatic heterocycles. The Balaban J connectivity index is 2.13. The fourth-order valence-corrected chi connectivity index (χ4v) is 3.01. The minimum absolute atomic E-state index is 0.0777. The van der Waals surface area contributed by atoms with Crippen molar-refractivity contribution in [3.8, 4) is 0 Å². The fourth-order valence-electron chi connectivity index (χ4n) is 1.84. The maximum atomic E-state index is 13.4. The predicted octanol–water partition coefficient (Wildman–Crippen LogP) is 0.184. The van der Waals surface area contributed by atoms with Crippen LogP contribution in [0.4, 0.5) is 4.39 Å². The second-order valence-corrected chi connectivity index (χ2v) is 7.11. The van der Waals surface area contributed by atoms with E-state index in [9.17, 15) is 17.6 Å². The molecule has 1 amide bonds. The van der Waals surface area contributed by atoms with E-state index in [0.717, 1.165) is 23.2 Å². The maximum absolute atomic E-state index is 13.4. The molecule has 0 spiro atoms. The van der Waals surface area contributed by atoms with Crippen LogP contribution in [-0.2, 0) is 21.4 Å². The largest absolute Gasteiger partial charge is 0.352 e. The van der Waals surface area contributed by atoms with Gasteiger partial charge in [-0.1, -0.05) is 0 Å². The summed E-state index contributed by atoms with van der Waals surface area (Å²) in [5, 5.41) is 2.71. The van der Waals surface area contributed by atoms with Gasteiger partial charge in [0, 0.05) is 25.2 Å². The van der Waals surface area contributed by atoms with Gasteiger partial charge in [0.25, 0.3) is 0 Å². The van der Waals surface area contributed by atoms with E-state index in [2.05, 4.69) is 5.32 Å². The van der Waals surface area contributed by atoms with Gasteiger partial charge in [-0.15, -0.1) is 0 Å². The van der Waals surface area contributed by atoms with Crippen molar-refractivity contribution in [2.24, 2.45) is 5.73 Å². The summed E-state index contributed by atoms with van der Waals surface area (Å²) in [5.41, 5.74) is 5.49. The zero-order valence-corrected chi connectivity index (χ0v) is 12.5. The molecule has 0 radical (unpaired) electrons. The van der Waals surface area contributed by atoms with Gasteiger partial charge in [0.05, 0.1) is 11.4 Å². The maximum Gasteiger partial charge on any atom is 0.243 e. The molecule has 3 N–H and O–H groups in total. The minimum Gasteiger partial charge on any atom is -0.352 e. The molecule has 1 aliphatic carbocycles. The Morgan fingerprint density at radius 1 is 1.48 bits per heavy atom. The molecule has 116 valence electrons. The van der Waals surface area contributed by atoms with Gasteiger partial charge in [-0.05, 0) is 31.0 Å². The van der Waals surface area contributed by atoms with Gasteiger partial charge in [0.1, 0.15) is 5.82 Å². The molecule has 1 aromatic carbocycles. The van der Waals surface area contributed by atoms with Crippen LogP contribution in [0.15, 0.2) is 23.1 Å². The Morgan fingerprint density at radius 3 is 2.71 bits per heavy atom. The quantitative estimate of drug-likeness (QED) is 0.783. The highest BCUT2D eigenvalue weighted by atomic mass is 32.2. The molecule has 0 heterocycles. The summed E-state index contributed by atoms with van der Waals surface area (Å²) in [6.07, 6.45) is 1.86. The average molecular weight is 315 g/mol. The molecule has 0 aliphatic heterocycles. The van der Waals surface area contributed by atoms with Gasteiger partial charge in [0.15, 0.2) is 0 Å². The summed E-state index contributed by atoms with van der Waals surface area (Å²) in [6, 6.07) is 3.59. The Morgan fingerprint density at radius 2 is 2.14 bits per heavy atom. The molecule has 0 atom stereocenters. The number of likely N-dealkylation sites (N-methyl/N-ethyl adjacent to an activating group) is 1. The number of nitrogens with one attached hydrogen (secondary N) is 1. The normalized spacial score (nSPS) is 15.2. The van der Waals surface area contributed by atoms with Crippen LogP contribution in [0.1, 0.15) is 18.4 Å². The number of benzene rings is 1. The first-order valence-electron chi connectivity index (χ1n) is 6.59. The predicted molar refractivity (Wildman–Crippen MR) is 75.3 cm³/mol. The van der Waals surface area contributed by atoms with Crippen LogP contribution in [-0.4, -0.2) is 38.3 Å². The summed E-state index contributed by atoms with van der Waals surface area (Å²) < 4.78 is 39.0. The number of hydrogen-bond acceptors (Lipinski definition) is 4. The fraction of sp³-hybridized carbons (Fsp3) is 0.462. The van der Waals surface area contributed by atoms with Crippen molar-refractivity contribution >= 4 is 15.9 Å². The van der Waals surface area contributed by atoms with Crippen molar-refractivity contribution in [2.75, 3.05) is 13.6 Å². The van der Waals surface area contributed by atoms with Crippen molar-refractivity contribution in [3.05, 3.63) is 29.6 Å². The lowest BCUT2D eigenvalue weighted by Crippen LogP contribution is -2.39. The molecule has 1 saturated carbocycles. The number of carbonyl (C=O) groups is 1. The van der Waals surface area contributed by atoms with Gasteiger partial charge >= 0.3 is 0 Å². The third-order valence-corrected chi connectivity index (χ3v) is 5.05. The Bertz CT molecular complexity index is 644. The highest BCUT2D eigenvalue weighted by Gasteiger charge is 2.27. The number of amides is 1. The van der Waals surface area contributed by atoms with E-state index in [4.69, 9.17) is 5.73 Å². The van der Waals surface area contributed by atoms with E-state index >= 15 is 0 Å². The van der Waals surface area contributed by atoms with Gasteiger partial charge in [0.2, 0.25) is 15.9 Å². The summed E-state index contributed by atoms with van der Waals surface area (Å²) in [5.74, 6) is -0.893. The standard InChI is InChI=1S/C13H18FN3O3S/c1-17(8-13(18)16-10-2-3-10)21(19,20)11-4-5-12(14)9(6-11)7-15/h4-6,10H,2-3,7-8,15H2,1H3,(H,16,18). The molecular weight excluding hydrogens is 297 g/mol. The Kier molecular flexibility index (Phi) is 4.60. The molecule has 0 saturated heterocycles. The monoisotopic (exact) mass is 315 g/mol. The minimum atomic E-state index is -3.85. The van der Waals surface area contributed by atoms with E-state index in [1.807, 2.05) is 0 Å². The number of halogens is 1. The highest BCUT2D eigenvalue weighted by Crippen LogP contribution is 2.20. The first-order valence-corrected chi connectivity index (χ1v) is 8.03. The first kappa shape index (κ1) is 15.9. The molecule has 2 rings (SSSR count). The molecule has 0 bridgehead atoms. The molecule has 1 aromatic rings. The van der Waals surface area contributed by atoms with Crippen molar-refractivity contribution in [2.45, 2.75) is 30.3 Å². The SMILES string of the molecule is CN(CC(=O)NC1CC1)S(=O)(=O)c1ccc(F)c(CN)c1. The lowest BCUT2D eigenvalue weighted by atomic mass is 10.2. The summed E-state index contributed by atoms with van der Waals surface area (Å²) in [7, 11) is -2.54. The topological polar surface area (TPSA) is 92.5 Å². The van der Waals surface area contributed by atoms with E-state index in [-0.39, 0.29) is 35.5 Å². The van der Waals surface area contributed by atoms with Gasteiger partial charge in [-0.2, -0.15) is 4.31 Å². The van der Waals surface area contributed by atoms with Crippen molar-refractivity contribution < 1.29 is 17.6 Å². The van der Waals surface area contributed by atoms with Gasteiger partial charge in [-0.25, -0.2) is 12.8 Å². The average Bonchev–Trinajstić information content (AvgIpc) is 3.22. The molecule has 6 nitrogen and oxygen atoms in total. The number of nitrogens with zero attached hydrogens (tertiary/aromatic N) is 1. The van der Waals surface area contributed by atoms with E-state index in [0.29, 0.717) is 0 Å². The van der Waals surface area contributed by atoms with Crippen LogP contribution in [0, 0.1) is 5.82 Å². The number of rotatable bonds is 6. The van der Waals surface area contributed by atoms with Crippen LogP contribution >= 0.6 is 0 Å². The lowest BCUT2D eigenvalue weighted by Gasteiger charge is -2.17. The number of carbonyl (C=O) groups excluding carboxylic acids is 1. The van der Waals surface area contributed by atoms with Crippen LogP contribution in [0.25, 0.3) is 0 Å². The van der Waals surface area contributed by atoms with Crippen LogP contribution < -0.4 is 11.1 Å². The zero-order valence-electron chi connectivity index (χ0n) is 11.7.